The molecule has 0 unspecified atom stereocenters. The third kappa shape index (κ3) is 2.42. The largest absolute Gasteiger partial charge is 0.508 e. The normalized spacial score (nSPS) is 10.1. The van der Waals surface area contributed by atoms with Gasteiger partial charge in [-0.1, -0.05) is 0 Å². The molecule has 0 aliphatic rings. The second kappa shape index (κ2) is 4.79. The SMILES string of the molecule is CN(C(=O)Nc1ccnn1C)c1ccc(O)cc1. The van der Waals surface area contributed by atoms with Gasteiger partial charge in [-0.05, 0) is 24.3 Å². The van der Waals surface area contributed by atoms with Crippen molar-refractivity contribution in [2.75, 3.05) is 17.3 Å². The van der Waals surface area contributed by atoms with Gasteiger partial charge in [-0.3, -0.25) is 14.9 Å². The van der Waals surface area contributed by atoms with Crippen molar-refractivity contribution in [1.29, 1.82) is 0 Å². The van der Waals surface area contributed by atoms with E-state index in [9.17, 15) is 9.90 Å². The number of carbonyl (C=O) groups excluding carboxylic acids is 1. The Balaban J connectivity index is 2.09. The van der Waals surface area contributed by atoms with E-state index in [1.165, 1.54) is 17.0 Å². The number of aromatic hydroxyl groups is 1. The lowest BCUT2D eigenvalue weighted by Gasteiger charge is -2.18. The van der Waals surface area contributed by atoms with Crippen molar-refractivity contribution in [3.63, 3.8) is 0 Å². The predicted molar refractivity (Wildman–Crippen MR) is 68.7 cm³/mol. The Labute approximate surface area is 104 Å². The number of nitrogens with one attached hydrogen (secondary N) is 1. The summed E-state index contributed by atoms with van der Waals surface area (Å²) in [6, 6.07) is 7.83. The van der Waals surface area contributed by atoms with E-state index in [-0.39, 0.29) is 11.8 Å². The topological polar surface area (TPSA) is 70.4 Å². The number of nitrogens with zero attached hydrogens (tertiary/aromatic N) is 3. The number of hydrogen-bond donors (Lipinski definition) is 2. The number of phenolic OH excluding ortho intramolecular Hbond substituents is 1. The number of aryl methyl sites for hydroxylation is 1. The highest BCUT2D eigenvalue weighted by molar-refractivity contribution is 6.00. The zero-order chi connectivity index (χ0) is 13.1. The molecule has 2 aromatic rings. The minimum Gasteiger partial charge on any atom is -0.508 e. The Morgan fingerprint density at radius 2 is 2.00 bits per heavy atom. The first-order valence-electron chi connectivity index (χ1n) is 5.39. The lowest BCUT2D eigenvalue weighted by atomic mass is 10.3. The molecule has 0 atom stereocenters. The number of carbonyl (C=O) groups is 1. The molecule has 0 saturated carbocycles. The quantitative estimate of drug-likeness (QED) is 0.848. The molecule has 0 bridgehead atoms. The Morgan fingerprint density at radius 1 is 1.33 bits per heavy atom. The van der Waals surface area contributed by atoms with E-state index in [1.807, 2.05) is 0 Å². The van der Waals surface area contributed by atoms with Crippen molar-refractivity contribution in [2.24, 2.45) is 7.05 Å². The summed E-state index contributed by atoms with van der Waals surface area (Å²) in [5, 5.41) is 15.9. The third-order valence-electron chi connectivity index (χ3n) is 2.60. The van der Waals surface area contributed by atoms with Crippen molar-refractivity contribution >= 4 is 17.5 Å². The first-order chi connectivity index (χ1) is 8.58. The molecule has 2 N–H and O–H groups in total. The summed E-state index contributed by atoms with van der Waals surface area (Å²) >= 11 is 0. The molecule has 1 aromatic carbocycles. The standard InChI is InChI=1S/C12H14N4O2/c1-15(9-3-5-10(17)6-4-9)12(18)14-11-7-8-13-16(11)2/h3-8,17H,1-2H3,(H,14,18). The smallest absolute Gasteiger partial charge is 0.327 e. The average Bonchev–Trinajstić information content (AvgIpc) is 2.75. The van der Waals surface area contributed by atoms with Crippen LogP contribution in [0.25, 0.3) is 0 Å². The lowest BCUT2D eigenvalue weighted by Crippen LogP contribution is -2.31. The molecule has 0 radical (unpaired) electrons. The van der Waals surface area contributed by atoms with Crippen LogP contribution in [0.4, 0.5) is 16.3 Å². The van der Waals surface area contributed by atoms with E-state index in [2.05, 4.69) is 10.4 Å². The molecule has 0 fully saturated rings. The fraction of sp³-hybridized carbons (Fsp3) is 0.167. The van der Waals surface area contributed by atoms with E-state index in [0.717, 1.165) is 0 Å². The summed E-state index contributed by atoms with van der Waals surface area (Å²) in [7, 11) is 3.40. The van der Waals surface area contributed by atoms with Gasteiger partial charge < -0.3 is 5.11 Å². The maximum atomic E-state index is 12.0. The first kappa shape index (κ1) is 12.0. The number of rotatable bonds is 2. The molecule has 0 aliphatic carbocycles. The zero-order valence-corrected chi connectivity index (χ0v) is 10.2. The number of benzene rings is 1. The number of amides is 2. The average molecular weight is 246 g/mol. The molecule has 6 nitrogen and oxygen atoms in total. The first-order valence-corrected chi connectivity index (χ1v) is 5.39. The van der Waals surface area contributed by atoms with E-state index >= 15 is 0 Å². The molecule has 1 heterocycles. The molecule has 0 aliphatic heterocycles. The van der Waals surface area contributed by atoms with Crippen molar-refractivity contribution in [2.45, 2.75) is 0 Å². The minimum atomic E-state index is -0.274. The predicted octanol–water partition coefficient (Wildman–Crippen LogP) is 1.79. The maximum absolute atomic E-state index is 12.0. The number of urea groups is 1. The van der Waals surface area contributed by atoms with Crippen molar-refractivity contribution < 1.29 is 9.90 Å². The van der Waals surface area contributed by atoms with E-state index in [1.54, 1.807) is 43.2 Å². The van der Waals surface area contributed by atoms with Crippen LogP contribution in [0.15, 0.2) is 36.5 Å². The Morgan fingerprint density at radius 3 is 2.56 bits per heavy atom. The molecule has 18 heavy (non-hydrogen) atoms. The fourth-order valence-corrected chi connectivity index (χ4v) is 1.48. The van der Waals surface area contributed by atoms with Crippen LogP contribution < -0.4 is 10.2 Å². The summed E-state index contributed by atoms with van der Waals surface area (Å²) in [6.45, 7) is 0. The molecule has 94 valence electrons. The number of aromatic nitrogens is 2. The van der Waals surface area contributed by atoms with Crippen LogP contribution in [0, 0.1) is 0 Å². The van der Waals surface area contributed by atoms with Crippen LogP contribution in [0.5, 0.6) is 5.75 Å². The summed E-state index contributed by atoms with van der Waals surface area (Å²) < 4.78 is 1.57. The maximum Gasteiger partial charge on any atom is 0.327 e. The van der Waals surface area contributed by atoms with Gasteiger partial charge in [-0.15, -0.1) is 0 Å². The van der Waals surface area contributed by atoms with Gasteiger partial charge in [0.2, 0.25) is 0 Å². The van der Waals surface area contributed by atoms with Gasteiger partial charge in [0.05, 0.1) is 6.20 Å². The summed E-state index contributed by atoms with van der Waals surface area (Å²) in [5.74, 6) is 0.782. The Kier molecular flexibility index (Phi) is 3.18. The molecule has 1 aromatic heterocycles. The third-order valence-corrected chi connectivity index (χ3v) is 2.60. The molecule has 6 heteroatoms. The Hall–Kier alpha value is -2.50. The Bertz CT molecular complexity index is 547. The lowest BCUT2D eigenvalue weighted by molar-refractivity contribution is 0.258. The van der Waals surface area contributed by atoms with Gasteiger partial charge in [-0.2, -0.15) is 5.10 Å². The van der Waals surface area contributed by atoms with Crippen LogP contribution in [0.2, 0.25) is 0 Å². The van der Waals surface area contributed by atoms with Crippen LogP contribution in [-0.4, -0.2) is 28.0 Å². The summed E-state index contributed by atoms with van der Waals surface area (Å²) in [4.78, 5) is 13.4. The number of phenols is 1. The van der Waals surface area contributed by atoms with Gasteiger partial charge in [0.15, 0.2) is 0 Å². The highest BCUT2D eigenvalue weighted by Crippen LogP contribution is 2.18. The minimum absolute atomic E-state index is 0.166. The highest BCUT2D eigenvalue weighted by atomic mass is 16.3. The van der Waals surface area contributed by atoms with Crippen molar-refractivity contribution in [3.8, 4) is 5.75 Å². The molecule has 0 spiro atoms. The number of anilines is 2. The van der Waals surface area contributed by atoms with Gasteiger partial charge >= 0.3 is 6.03 Å². The van der Waals surface area contributed by atoms with E-state index in [4.69, 9.17) is 0 Å². The zero-order valence-electron chi connectivity index (χ0n) is 10.2. The van der Waals surface area contributed by atoms with Crippen molar-refractivity contribution in [3.05, 3.63) is 36.5 Å². The molecule has 2 amide bonds. The highest BCUT2D eigenvalue weighted by Gasteiger charge is 2.12. The summed E-state index contributed by atoms with van der Waals surface area (Å²) in [6.07, 6.45) is 1.61. The molecule has 2 rings (SSSR count). The second-order valence-corrected chi connectivity index (χ2v) is 3.85. The van der Waals surface area contributed by atoms with Gasteiger partial charge in [0, 0.05) is 25.8 Å². The van der Waals surface area contributed by atoms with Crippen LogP contribution in [-0.2, 0) is 7.05 Å². The second-order valence-electron chi connectivity index (χ2n) is 3.85. The van der Waals surface area contributed by atoms with Gasteiger partial charge in [-0.25, -0.2) is 4.79 Å². The fourth-order valence-electron chi connectivity index (χ4n) is 1.48. The molecular weight excluding hydrogens is 232 g/mol. The van der Waals surface area contributed by atoms with Gasteiger partial charge in [0.1, 0.15) is 11.6 Å². The van der Waals surface area contributed by atoms with Crippen LogP contribution in [0.1, 0.15) is 0 Å². The van der Waals surface area contributed by atoms with E-state index in [0.29, 0.717) is 11.5 Å². The van der Waals surface area contributed by atoms with Gasteiger partial charge in [0.25, 0.3) is 0 Å². The van der Waals surface area contributed by atoms with E-state index < -0.39 is 0 Å². The van der Waals surface area contributed by atoms with Crippen LogP contribution in [0.3, 0.4) is 0 Å². The summed E-state index contributed by atoms with van der Waals surface area (Å²) in [5.41, 5.74) is 0.687. The molecule has 0 saturated heterocycles. The monoisotopic (exact) mass is 246 g/mol. The number of hydrogen-bond acceptors (Lipinski definition) is 3. The molecular formula is C12H14N4O2. The van der Waals surface area contributed by atoms with Crippen molar-refractivity contribution in [1.82, 2.24) is 9.78 Å². The van der Waals surface area contributed by atoms with Crippen LogP contribution >= 0.6 is 0 Å².